The first-order valence-corrected chi connectivity index (χ1v) is 4.11. The van der Waals surface area contributed by atoms with Crippen LogP contribution in [-0.4, -0.2) is 10.3 Å². The van der Waals surface area contributed by atoms with Crippen molar-refractivity contribution < 1.29 is 4.39 Å². The molecule has 0 saturated carbocycles. The minimum Gasteiger partial charge on any atom is -0.248 e. The Hall–Kier alpha value is -0.880. The fourth-order valence-corrected chi connectivity index (χ4v) is 0.737. The number of halogens is 2. The summed E-state index contributed by atoms with van der Waals surface area (Å²) in [5.74, 6) is 5.11. The molecule has 0 N–H and O–H groups in total. The molecule has 0 aliphatic heterocycles. The van der Waals surface area contributed by atoms with Crippen molar-refractivity contribution in [2.24, 2.45) is 0 Å². The molecule has 1 aromatic rings. The van der Waals surface area contributed by atoms with Gasteiger partial charge in [0.15, 0.2) is 0 Å². The highest BCUT2D eigenvalue weighted by Gasteiger charge is 1.89. The number of hydrogen-bond donors (Lipinski definition) is 0. The lowest BCUT2D eigenvalue weighted by atomic mass is 10.3. The van der Waals surface area contributed by atoms with Crippen LogP contribution in [0.25, 0.3) is 0 Å². The molecule has 0 aromatic carbocycles. The molecule has 0 bridgehead atoms. The molecule has 3 heteroatoms. The maximum atomic E-state index is 12.5. The van der Waals surface area contributed by atoms with Crippen LogP contribution in [0.15, 0.2) is 18.3 Å². The fourth-order valence-electron chi connectivity index (χ4n) is 0.597. The van der Waals surface area contributed by atoms with Gasteiger partial charge in [0.1, 0.15) is 11.5 Å². The monoisotopic (exact) mass is 213 g/mol. The molecule has 1 rings (SSSR count). The fraction of sp³-hybridized carbons (Fsp3) is 0.125. The molecule has 56 valence electrons. The Morgan fingerprint density at radius 2 is 2.45 bits per heavy atom. The second kappa shape index (κ2) is 4.09. The topological polar surface area (TPSA) is 12.9 Å². The molecular weight excluding hydrogens is 209 g/mol. The summed E-state index contributed by atoms with van der Waals surface area (Å²) in [6.07, 6.45) is 1.40. The Morgan fingerprint density at radius 1 is 1.64 bits per heavy atom. The van der Waals surface area contributed by atoms with Crippen LogP contribution < -0.4 is 0 Å². The van der Waals surface area contributed by atoms with E-state index >= 15 is 0 Å². The molecule has 1 heterocycles. The number of alkyl halides is 1. The lowest BCUT2D eigenvalue weighted by Gasteiger charge is -1.87. The van der Waals surface area contributed by atoms with Gasteiger partial charge in [-0.2, -0.15) is 0 Å². The summed E-state index contributed by atoms with van der Waals surface area (Å²) in [6, 6.07) is 2.59. The van der Waals surface area contributed by atoms with Crippen molar-refractivity contribution in [3.63, 3.8) is 0 Å². The molecule has 0 amide bonds. The van der Waals surface area contributed by atoms with Crippen molar-refractivity contribution >= 4 is 15.9 Å². The largest absolute Gasteiger partial charge is 0.248 e. The molecule has 0 spiro atoms. The zero-order valence-corrected chi connectivity index (χ0v) is 7.23. The van der Waals surface area contributed by atoms with E-state index in [-0.39, 0.29) is 5.82 Å². The predicted molar refractivity (Wildman–Crippen MR) is 44.9 cm³/mol. The first-order valence-electron chi connectivity index (χ1n) is 2.99. The van der Waals surface area contributed by atoms with Crippen LogP contribution in [0.5, 0.6) is 0 Å². The van der Waals surface area contributed by atoms with Gasteiger partial charge >= 0.3 is 0 Å². The molecule has 0 unspecified atom stereocenters. The van der Waals surface area contributed by atoms with E-state index in [0.29, 0.717) is 11.0 Å². The maximum absolute atomic E-state index is 12.5. The summed E-state index contributed by atoms with van der Waals surface area (Å²) in [5, 5.41) is 0.575. The Balaban J connectivity index is 2.87. The molecular formula is C8H5BrFN. The van der Waals surface area contributed by atoms with E-state index in [0.717, 1.165) is 0 Å². The van der Waals surface area contributed by atoms with Gasteiger partial charge in [0.2, 0.25) is 0 Å². The molecule has 0 radical (unpaired) electrons. The van der Waals surface area contributed by atoms with Crippen LogP contribution >= 0.6 is 15.9 Å². The highest BCUT2D eigenvalue weighted by molar-refractivity contribution is 9.09. The van der Waals surface area contributed by atoms with E-state index in [1.165, 1.54) is 18.3 Å². The van der Waals surface area contributed by atoms with E-state index < -0.39 is 0 Å². The molecule has 0 aliphatic carbocycles. The lowest BCUT2D eigenvalue weighted by Crippen LogP contribution is -1.82. The highest BCUT2D eigenvalue weighted by Crippen LogP contribution is 1.96. The second-order valence-corrected chi connectivity index (χ2v) is 2.36. The average molecular weight is 214 g/mol. The average Bonchev–Trinajstić information content (AvgIpc) is 2.01. The summed E-state index contributed by atoms with van der Waals surface area (Å²) >= 11 is 3.13. The third-order valence-electron chi connectivity index (χ3n) is 1.01. The van der Waals surface area contributed by atoms with Crippen molar-refractivity contribution in [2.75, 3.05) is 5.33 Å². The summed E-state index contributed by atoms with van der Waals surface area (Å²) in [4.78, 5) is 3.84. The summed E-state index contributed by atoms with van der Waals surface area (Å²) in [7, 11) is 0. The van der Waals surface area contributed by atoms with E-state index in [1.54, 1.807) is 0 Å². The summed E-state index contributed by atoms with van der Waals surface area (Å²) in [6.45, 7) is 0. The van der Waals surface area contributed by atoms with Gasteiger partial charge < -0.3 is 0 Å². The quantitative estimate of drug-likeness (QED) is 0.475. The van der Waals surface area contributed by atoms with Gasteiger partial charge in [-0.25, -0.2) is 9.37 Å². The van der Waals surface area contributed by atoms with Gasteiger partial charge in [-0.15, -0.1) is 0 Å². The van der Waals surface area contributed by atoms with Gasteiger partial charge in [0.25, 0.3) is 0 Å². The standard InChI is InChI=1S/C8H5BrFN/c9-4-1-2-8-6-7(10)3-5-11-8/h3,5-6H,4H2. The van der Waals surface area contributed by atoms with Crippen molar-refractivity contribution in [2.45, 2.75) is 0 Å². The molecule has 0 atom stereocenters. The third kappa shape index (κ3) is 2.69. The number of hydrogen-bond acceptors (Lipinski definition) is 1. The Morgan fingerprint density at radius 3 is 3.09 bits per heavy atom. The Bertz CT molecular complexity index is 300. The van der Waals surface area contributed by atoms with E-state index in [2.05, 4.69) is 32.8 Å². The number of nitrogens with zero attached hydrogens (tertiary/aromatic N) is 1. The summed E-state index contributed by atoms with van der Waals surface area (Å²) in [5.41, 5.74) is 0.462. The number of pyridine rings is 1. The smallest absolute Gasteiger partial charge is 0.127 e. The molecule has 1 nitrogen and oxygen atoms in total. The maximum Gasteiger partial charge on any atom is 0.127 e. The summed E-state index contributed by atoms with van der Waals surface area (Å²) < 4.78 is 12.5. The number of aromatic nitrogens is 1. The van der Waals surface area contributed by atoms with Crippen molar-refractivity contribution in [3.8, 4) is 11.8 Å². The predicted octanol–water partition coefficient (Wildman–Crippen LogP) is 1.97. The van der Waals surface area contributed by atoms with E-state index in [9.17, 15) is 4.39 Å². The van der Waals surface area contributed by atoms with Gasteiger partial charge in [-0.1, -0.05) is 21.9 Å². The second-order valence-electron chi connectivity index (χ2n) is 1.79. The first-order chi connectivity index (χ1) is 5.33. The number of rotatable bonds is 0. The highest BCUT2D eigenvalue weighted by atomic mass is 79.9. The minimum absolute atomic E-state index is 0.307. The van der Waals surface area contributed by atoms with Crippen LogP contribution in [-0.2, 0) is 0 Å². The Labute approximate surface area is 72.8 Å². The normalized spacial score (nSPS) is 8.55. The van der Waals surface area contributed by atoms with Crippen molar-refractivity contribution in [1.29, 1.82) is 0 Å². The van der Waals surface area contributed by atoms with E-state index in [1.807, 2.05) is 0 Å². The molecule has 0 aliphatic rings. The molecule has 0 fully saturated rings. The lowest BCUT2D eigenvalue weighted by molar-refractivity contribution is 0.625. The van der Waals surface area contributed by atoms with E-state index in [4.69, 9.17) is 0 Å². The van der Waals surface area contributed by atoms with Gasteiger partial charge in [0.05, 0.1) is 5.33 Å². The Kier molecular flexibility index (Phi) is 3.06. The van der Waals surface area contributed by atoms with Gasteiger partial charge in [-0.05, 0) is 12.0 Å². The van der Waals surface area contributed by atoms with Crippen molar-refractivity contribution in [3.05, 3.63) is 29.8 Å². The molecule has 0 saturated heterocycles. The zero-order chi connectivity index (χ0) is 8.10. The SMILES string of the molecule is Fc1ccnc(C#CCBr)c1. The van der Waals surface area contributed by atoms with Crippen LogP contribution in [0.2, 0.25) is 0 Å². The minimum atomic E-state index is -0.307. The van der Waals surface area contributed by atoms with Crippen LogP contribution in [0, 0.1) is 17.7 Å². The van der Waals surface area contributed by atoms with Crippen LogP contribution in [0.4, 0.5) is 4.39 Å². The van der Waals surface area contributed by atoms with Gasteiger partial charge in [0, 0.05) is 12.3 Å². The van der Waals surface area contributed by atoms with Crippen LogP contribution in [0.3, 0.4) is 0 Å². The van der Waals surface area contributed by atoms with Crippen molar-refractivity contribution in [1.82, 2.24) is 4.98 Å². The van der Waals surface area contributed by atoms with Crippen LogP contribution in [0.1, 0.15) is 5.69 Å². The molecule has 1 aromatic heterocycles. The van der Waals surface area contributed by atoms with Gasteiger partial charge in [-0.3, -0.25) is 0 Å². The first kappa shape index (κ1) is 8.22. The zero-order valence-electron chi connectivity index (χ0n) is 5.64. The molecule has 11 heavy (non-hydrogen) atoms. The third-order valence-corrected chi connectivity index (χ3v) is 1.29.